The molecule has 10 heteroatoms. The van der Waals surface area contributed by atoms with E-state index in [0.29, 0.717) is 5.76 Å². The molecule has 2 aromatic rings. The van der Waals surface area contributed by atoms with Gasteiger partial charge in [0.1, 0.15) is 11.8 Å². The predicted molar refractivity (Wildman–Crippen MR) is 94.8 cm³/mol. The van der Waals surface area contributed by atoms with Crippen LogP contribution in [0, 0.1) is 0 Å². The summed E-state index contributed by atoms with van der Waals surface area (Å²) in [5.41, 5.74) is 0.245. The van der Waals surface area contributed by atoms with Crippen LogP contribution in [0.2, 0.25) is 10.0 Å². The molecule has 134 valence electrons. The van der Waals surface area contributed by atoms with E-state index in [-0.39, 0.29) is 22.2 Å². The molecular weight excluding hydrogens is 389 g/mol. The first-order chi connectivity index (χ1) is 11.8. The minimum absolute atomic E-state index is 0.192. The number of halogens is 2. The van der Waals surface area contributed by atoms with Crippen molar-refractivity contribution in [3.05, 3.63) is 52.4 Å². The number of nitrogens with one attached hydrogen (secondary N) is 2. The molecule has 1 aliphatic heterocycles. The van der Waals surface area contributed by atoms with E-state index in [1.165, 1.54) is 13.3 Å². The minimum Gasteiger partial charge on any atom is -0.468 e. The van der Waals surface area contributed by atoms with Crippen LogP contribution < -0.4 is 10.0 Å². The van der Waals surface area contributed by atoms with Crippen LogP contribution in [-0.4, -0.2) is 31.7 Å². The molecule has 2 heterocycles. The van der Waals surface area contributed by atoms with Crippen LogP contribution in [0.15, 0.2) is 41.0 Å². The first-order valence-corrected chi connectivity index (χ1v) is 9.53. The van der Waals surface area contributed by atoms with Gasteiger partial charge in [0.05, 0.1) is 28.0 Å². The van der Waals surface area contributed by atoms with Crippen molar-refractivity contribution in [2.45, 2.75) is 18.5 Å². The lowest BCUT2D eigenvalue weighted by atomic mass is 10.0. The topological polar surface area (TPSA) is 91.7 Å². The highest BCUT2D eigenvalue weighted by Crippen LogP contribution is 2.32. The number of furan rings is 1. The number of carbonyl (C=O) groups is 1. The van der Waals surface area contributed by atoms with Crippen LogP contribution in [0.1, 0.15) is 18.2 Å². The van der Waals surface area contributed by atoms with Crippen molar-refractivity contribution >= 4 is 45.0 Å². The second-order valence-corrected chi connectivity index (χ2v) is 8.12. The fourth-order valence-corrected chi connectivity index (χ4v) is 4.36. The van der Waals surface area contributed by atoms with Crippen LogP contribution in [0.5, 0.6) is 0 Å². The number of nitrogens with zero attached hydrogens (tertiary/aromatic N) is 1. The summed E-state index contributed by atoms with van der Waals surface area (Å²) < 4.78 is 33.4. The lowest BCUT2D eigenvalue weighted by Crippen LogP contribution is -2.55. The quantitative estimate of drug-likeness (QED) is 0.823. The van der Waals surface area contributed by atoms with Crippen LogP contribution in [-0.2, 0) is 15.0 Å². The van der Waals surface area contributed by atoms with Gasteiger partial charge < -0.3 is 9.73 Å². The summed E-state index contributed by atoms with van der Waals surface area (Å²) in [7, 11) is -2.51. The Hall–Kier alpha value is -1.58. The summed E-state index contributed by atoms with van der Waals surface area (Å²) >= 11 is 12.1. The largest absolute Gasteiger partial charge is 0.468 e. The molecule has 25 heavy (non-hydrogen) atoms. The number of benzene rings is 1. The van der Waals surface area contributed by atoms with Gasteiger partial charge in [0, 0.05) is 7.05 Å². The molecule has 3 rings (SSSR count). The van der Waals surface area contributed by atoms with Crippen LogP contribution in [0.25, 0.3) is 0 Å². The van der Waals surface area contributed by atoms with Crippen molar-refractivity contribution in [3.8, 4) is 0 Å². The summed E-state index contributed by atoms with van der Waals surface area (Å²) in [6.07, 6.45) is 1.64. The third-order valence-corrected chi connectivity index (χ3v) is 6.19. The van der Waals surface area contributed by atoms with Crippen molar-refractivity contribution in [2.75, 3.05) is 12.4 Å². The maximum atomic E-state index is 12.7. The fourth-order valence-electron chi connectivity index (χ4n) is 2.61. The van der Waals surface area contributed by atoms with E-state index in [0.717, 1.165) is 4.31 Å². The number of anilines is 1. The van der Waals surface area contributed by atoms with Crippen molar-refractivity contribution in [1.82, 2.24) is 9.03 Å². The molecule has 1 amide bonds. The highest BCUT2D eigenvalue weighted by atomic mass is 35.5. The molecule has 0 saturated carbocycles. The van der Waals surface area contributed by atoms with Crippen LogP contribution in [0.3, 0.4) is 0 Å². The number of amides is 1. The van der Waals surface area contributed by atoms with Crippen molar-refractivity contribution < 1.29 is 17.6 Å². The molecule has 1 aliphatic rings. The van der Waals surface area contributed by atoms with Crippen molar-refractivity contribution in [1.29, 1.82) is 0 Å². The summed E-state index contributed by atoms with van der Waals surface area (Å²) in [5, 5.41) is 3.15. The zero-order valence-electron chi connectivity index (χ0n) is 13.1. The maximum absolute atomic E-state index is 12.7. The molecule has 1 aromatic heterocycles. The van der Waals surface area contributed by atoms with Crippen LogP contribution >= 0.6 is 23.2 Å². The number of hydrogen-bond acceptors (Lipinski definition) is 4. The molecular formula is C15H15Cl2N3O4S. The summed E-state index contributed by atoms with van der Waals surface area (Å²) in [6.45, 7) is 0. The molecule has 1 aromatic carbocycles. The lowest BCUT2D eigenvalue weighted by molar-refractivity contribution is -0.120. The number of likely N-dealkylation sites (N-methyl/N-ethyl adjacent to an activating group) is 1. The Morgan fingerprint density at radius 1 is 1.28 bits per heavy atom. The van der Waals surface area contributed by atoms with Crippen molar-refractivity contribution in [2.24, 2.45) is 0 Å². The first kappa shape index (κ1) is 18.2. The van der Waals surface area contributed by atoms with E-state index in [2.05, 4.69) is 10.0 Å². The van der Waals surface area contributed by atoms with E-state index in [1.54, 1.807) is 30.3 Å². The molecule has 0 spiro atoms. The van der Waals surface area contributed by atoms with Gasteiger partial charge >= 0.3 is 0 Å². The Morgan fingerprint density at radius 2 is 1.96 bits per heavy atom. The molecule has 0 unspecified atom stereocenters. The van der Waals surface area contributed by atoms with E-state index in [1.807, 2.05) is 0 Å². The summed E-state index contributed by atoms with van der Waals surface area (Å²) in [4.78, 5) is 12.7. The second kappa shape index (κ2) is 6.97. The van der Waals surface area contributed by atoms with E-state index >= 15 is 0 Å². The van der Waals surface area contributed by atoms with Crippen molar-refractivity contribution in [3.63, 3.8) is 0 Å². The summed E-state index contributed by atoms with van der Waals surface area (Å²) in [6, 6.07) is 6.52. The molecule has 2 N–H and O–H groups in total. The Bertz CT molecular complexity index is 866. The zero-order chi connectivity index (χ0) is 18.2. The number of para-hydroxylation sites is 1. The molecule has 1 fully saturated rings. The first-order valence-electron chi connectivity index (χ1n) is 7.33. The van der Waals surface area contributed by atoms with Gasteiger partial charge in [0.2, 0.25) is 5.91 Å². The van der Waals surface area contributed by atoms with Gasteiger partial charge in [-0.3, -0.25) is 4.79 Å². The number of hydrogen-bond donors (Lipinski definition) is 2. The standard InChI is InChI=1S/C15H15Cl2N3O4S/c1-20-12(15(21)18-14-9(16)4-2-5-10(14)17)8-11(19-25(20,22)23)13-6-3-7-24-13/h2-7,11-12,19H,8H2,1H3,(H,18,21)/t11-,12+/m0/s1. The average molecular weight is 404 g/mol. The van der Waals surface area contributed by atoms with Gasteiger partial charge in [-0.05, 0) is 30.7 Å². The van der Waals surface area contributed by atoms with Gasteiger partial charge in [-0.25, -0.2) is 0 Å². The lowest BCUT2D eigenvalue weighted by Gasteiger charge is -2.35. The molecule has 2 atom stereocenters. The number of rotatable bonds is 3. The summed E-state index contributed by atoms with van der Waals surface area (Å²) in [5.74, 6) is -0.0932. The number of carbonyl (C=O) groups excluding carboxylic acids is 1. The van der Waals surface area contributed by atoms with E-state index < -0.39 is 28.2 Å². The third kappa shape index (κ3) is 3.68. The van der Waals surface area contributed by atoms with Gasteiger partial charge in [-0.1, -0.05) is 29.3 Å². The van der Waals surface area contributed by atoms with Crippen LogP contribution in [0.4, 0.5) is 5.69 Å². The highest BCUT2D eigenvalue weighted by Gasteiger charge is 2.41. The zero-order valence-corrected chi connectivity index (χ0v) is 15.4. The predicted octanol–water partition coefficient (Wildman–Crippen LogP) is 2.80. The monoisotopic (exact) mass is 403 g/mol. The Kier molecular flexibility index (Phi) is 5.08. The van der Waals surface area contributed by atoms with Gasteiger partial charge in [0.15, 0.2) is 0 Å². The molecule has 0 bridgehead atoms. The molecule has 0 aliphatic carbocycles. The Balaban J connectivity index is 1.87. The smallest absolute Gasteiger partial charge is 0.280 e. The van der Waals surface area contributed by atoms with Gasteiger partial charge in [-0.2, -0.15) is 17.4 Å². The second-order valence-electron chi connectivity index (χ2n) is 5.54. The average Bonchev–Trinajstić information content (AvgIpc) is 3.07. The Morgan fingerprint density at radius 3 is 2.56 bits per heavy atom. The normalized spacial score (nSPS) is 23.3. The fraction of sp³-hybridized carbons (Fsp3) is 0.267. The van der Waals surface area contributed by atoms with Gasteiger partial charge in [0.25, 0.3) is 10.2 Å². The highest BCUT2D eigenvalue weighted by molar-refractivity contribution is 7.87. The third-order valence-electron chi connectivity index (χ3n) is 3.97. The SMILES string of the molecule is CN1[C@@H](C(=O)Nc2c(Cl)cccc2Cl)C[C@@H](c2ccco2)NS1(=O)=O. The van der Waals surface area contributed by atoms with E-state index in [9.17, 15) is 13.2 Å². The Labute approximate surface area is 155 Å². The van der Waals surface area contributed by atoms with Gasteiger partial charge in [-0.15, -0.1) is 0 Å². The molecule has 1 saturated heterocycles. The van der Waals surface area contributed by atoms with E-state index in [4.69, 9.17) is 27.6 Å². The molecule has 0 radical (unpaired) electrons. The maximum Gasteiger partial charge on any atom is 0.280 e. The minimum atomic E-state index is -3.85. The molecule has 7 nitrogen and oxygen atoms in total.